The molecule has 0 aliphatic heterocycles. The van der Waals surface area contributed by atoms with Gasteiger partial charge >= 0.3 is 0 Å². The van der Waals surface area contributed by atoms with E-state index >= 15 is 0 Å². The molecular weight excluding hydrogens is 314 g/mol. The number of thioether (sulfide) groups is 1. The van der Waals surface area contributed by atoms with Crippen molar-refractivity contribution in [3.05, 3.63) is 40.3 Å². The number of methoxy groups -OCH3 is 2. The van der Waals surface area contributed by atoms with Crippen LogP contribution in [0.3, 0.4) is 0 Å². The van der Waals surface area contributed by atoms with Crippen molar-refractivity contribution in [3.8, 4) is 11.5 Å². The first-order chi connectivity index (χ1) is 11.0. The summed E-state index contributed by atoms with van der Waals surface area (Å²) in [7, 11) is 3.17. The number of rotatable bonds is 7. The fourth-order valence-electron chi connectivity index (χ4n) is 1.92. The van der Waals surface area contributed by atoms with Gasteiger partial charge in [-0.25, -0.2) is 4.98 Å². The Balaban J connectivity index is 2.24. The average molecular weight is 335 g/mol. The largest absolute Gasteiger partial charge is 0.497 e. The maximum Gasteiger partial charge on any atom is 0.252 e. The number of ether oxygens (including phenoxy) is 2. The van der Waals surface area contributed by atoms with E-state index in [2.05, 4.69) is 29.1 Å². The van der Waals surface area contributed by atoms with Crippen LogP contribution in [-0.4, -0.2) is 29.4 Å². The first-order valence-electron chi connectivity index (χ1n) is 7.22. The summed E-state index contributed by atoms with van der Waals surface area (Å²) in [5.41, 5.74) is 1.25. The summed E-state index contributed by atoms with van der Waals surface area (Å²) in [5.74, 6) is 2.38. The lowest BCUT2D eigenvalue weighted by Crippen LogP contribution is -2.12. The molecule has 0 bridgehead atoms. The molecule has 0 atom stereocenters. The van der Waals surface area contributed by atoms with E-state index in [-0.39, 0.29) is 5.56 Å². The van der Waals surface area contributed by atoms with Crippen molar-refractivity contribution in [2.75, 3.05) is 19.5 Å². The zero-order valence-electron chi connectivity index (χ0n) is 13.7. The molecule has 0 radical (unpaired) electrons. The summed E-state index contributed by atoms with van der Waals surface area (Å²) < 4.78 is 10.5. The van der Waals surface area contributed by atoms with Gasteiger partial charge in [-0.3, -0.25) is 9.78 Å². The maximum atomic E-state index is 11.8. The third-order valence-electron chi connectivity index (χ3n) is 3.02. The predicted molar refractivity (Wildman–Crippen MR) is 94.1 cm³/mol. The van der Waals surface area contributed by atoms with Crippen molar-refractivity contribution >= 4 is 23.4 Å². The van der Waals surface area contributed by atoms with Crippen LogP contribution in [0.15, 0.2) is 29.1 Å². The van der Waals surface area contributed by atoms with Gasteiger partial charge in [-0.1, -0.05) is 13.8 Å². The zero-order valence-corrected chi connectivity index (χ0v) is 14.5. The second kappa shape index (κ2) is 7.92. The minimum atomic E-state index is -0.186. The maximum absolute atomic E-state index is 11.8. The summed E-state index contributed by atoms with van der Waals surface area (Å²) in [4.78, 5) is 18.9. The van der Waals surface area contributed by atoms with Gasteiger partial charge < -0.3 is 14.8 Å². The summed E-state index contributed by atoms with van der Waals surface area (Å²) >= 11 is 1.74. The van der Waals surface area contributed by atoms with E-state index in [1.807, 2.05) is 6.07 Å². The van der Waals surface area contributed by atoms with Crippen molar-refractivity contribution in [1.82, 2.24) is 9.97 Å². The lowest BCUT2D eigenvalue weighted by atomic mass is 10.2. The van der Waals surface area contributed by atoms with E-state index in [1.54, 1.807) is 38.1 Å². The lowest BCUT2D eigenvalue weighted by molar-refractivity contribution is 0.395. The molecule has 23 heavy (non-hydrogen) atoms. The Bertz CT molecular complexity index is 716. The molecule has 1 aromatic carbocycles. The Morgan fingerprint density at radius 3 is 2.70 bits per heavy atom. The van der Waals surface area contributed by atoms with Crippen molar-refractivity contribution < 1.29 is 9.47 Å². The fraction of sp³-hybridized carbons (Fsp3) is 0.375. The smallest absolute Gasteiger partial charge is 0.252 e. The molecule has 2 rings (SSSR count). The number of nitrogens with one attached hydrogen (secondary N) is 2. The Morgan fingerprint density at radius 1 is 1.26 bits per heavy atom. The monoisotopic (exact) mass is 335 g/mol. The Kier molecular flexibility index (Phi) is 5.92. The molecule has 0 fully saturated rings. The molecule has 0 saturated carbocycles. The first-order valence-corrected chi connectivity index (χ1v) is 8.27. The highest BCUT2D eigenvalue weighted by molar-refractivity contribution is 7.99. The second-order valence-electron chi connectivity index (χ2n) is 5.14. The van der Waals surface area contributed by atoms with E-state index < -0.39 is 0 Å². The molecule has 0 saturated heterocycles. The van der Waals surface area contributed by atoms with Crippen LogP contribution in [-0.2, 0) is 5.75 Å². The molecule has 0 aliphatic rings. The molecule has 0 aliphatic carbocycles. The fourth-order valence-corrected chi connectivity index (χ4v) is 2.57. The van der Waals surface area contributed by atoms with E-state index in [9.17, 15) is 4.79 Å². The van der Waals surface area contributed by atoms with Gasteiger partial charge in [0.2, 0.25) is 5.95 Å². The quantitative estimate of drug-likeness (QED) is 0.809. The van der Waals surface area contributed by atoms with E-state index in [0.717, 1.165) is 5.69 Å². The predicted octanol–water partition coefficient (Wildman–Crippen LogP) is 3.17. The highest BCUT2D eigenvalue weighted by Crippen LogP contribution is 2.30. The van der Waals surface area contributed by atoms with Crippen molar-refractivity contribution in [2.24, 2.45) is 0 Å². The van der Waals surface area contributed by atoms with Gasteiger partial charge in [0.15, 0.2) is 0 Å². The molecule has 1 heterocycles. The number of hydrogen-bond acceptors (Lipinski definition) is 6. The van der Waals surface area contributed by atoms with Crippen molar-refractivity contribution in [3.63, 3.8) is 0 Å². The van der Waals surface area contributed by atoms with Crippen LogP contribution in [0.25, 0.3) is 0 Å². The number of aromatic amines is 1. The molecule has 0 amide bonds. The van der Waals surface area contributed by atoms with Crippen molar-refractivity contribution in [1.29, 1.82) is 0 Å². The number of nitrogens with zero attached hydrogens (tertiary/aromatic N) is 1. The third kappa shape index (κ3) is 4.92. The van der Waals surface area contributed by atoms with E-state index in [1.165, 1.54) is 6.07 Å². The van der Waals surface area contributed by atoms with Crippen LogP contribution < -0.4 is 20.3 Å². The molecule has 1 aromatic heterocycles. The number of benzene rings is 1. The summed E-state index contributed by atoms with van der Waals surface area (Å²) in [6, 6.07) is 6.90. The Hall–Kier alpha value is -2.15. The van der Waals surface area contributed by atoms with Gasteiger partial charge in [-0.15, -0.1) is 0 Å². The highest BCUT2D eigenvalue weighted by Gasteiger charge is 2.08. The van der Waals surface area contributed by atoms with E-state index in [0.29, 0.717) is 34.1 Å². The van der Waals surface area contributed by atoms with Crippen LogP contribution in [0.4, 0.5) is 11.6 Å². The minimum absolute atomic E-state index is 0.186. The molecule has 2 aromatic rings. The Morgan fingerprint density at radius 2 is 2.04 bits per heavy atom. The highest BCUT2D eigenvalue weighted by atomic mass is 32.2. The molecule has 2 N–H and O–H groups in total. The summed E-state index contributed by atoms with van der Waals surface area (Å²) in [6.45, 7) is 4.22. The van der Waals surface area contributed by atoms with Gasteiger partial charge in [-0.05, 0) is 17.4 Å². The van der Waals surface area contributed by atoms with Crippen LogP contribution >= 0.6 is 11.8 Å². The van der Waals surface area contributed by atoms with Gasteiger partial charge in [0.25, 0.3) is 5.56 Å². The number of hydrogen-bond donors (Lipinski definition) is 2. The molecule has 0 spiro atoms. The van der Waals surface area contributed by atoms with Gasteiger partial charge in [0, 0.05) is 17.9 Å². The molecule has 7 heteroatoms. The standard InChI is InChI=1S/C16H21N3O3S/c1-10(2)23-9-11-7-15(20)19-16(17-11)18-13-6-5-12(21-3)8-14(13)22-4/h5-8,10H,9H2,1-4H3,(H2,17,18,19,20). The summed E-state index contributed by atoms with van der Waals surface area (Å²) in [6.07, 6.45) is 0. The number of aromatic nitrogens is 2. The van der Waals surface area contributed by atoms with Gasteiger partial charge in [0.1, 0.15) is 11.5 Å². The van der Waals surface area contributed by atoms with Crippen LogP contribution in [0.1, 0.15) is 19.5 Å². The molecule has 6 nitrogen and oxygen atoms in total. The first kappa shape index (κ1) is 17.2. The van der Waals surface area contributed by atoms with Gasteiger partial charge in [-0.2, -0.15) is 11.8 Å². The van der Waals surface area contributed by atoms with Crippen LogP contribution in [0, 0.1) is 0 Å². The van der Waals surface area contributed by atoms with Crippen LogP contribution in [0.5, 0.6) is 11.5 Å². The topological polar surface area (TPSA) is 76.2 Å². The third-order valence-corrected chi connectivity index (χ3v) is 4.15. The molecule has 124 valence electrons. The second-order valence-corrected chi connectivity index (χ2v) is 6.70. The molecule has 0 unspecified atom stereocenters. The van der Waals surface area contributed by atoms with Crippen LogP contribution in [0.2, 0.25) is 0 Å². The van der Waals surface area contributed by atoms with Gasteiger partial charge in [0.05, 0.1) is 25.6 Å². The SMILES string of the molecule is COc1ccc(Nc2nc(CSC(C)C)cc(=O)[nH]2)c(OC)c1. The lowest BCUT2D eigenvalue weighted by Gasteiger charge is -2.12. The number of H-pyrrole nitrogens is 1. The van der Waals surface area contributed by atoms with Crippen molar-refractivity contribution in [2.45, 2.75) is 24.9 Å². The summed E-state index contributed by atoms with van der Waals surface area (Å²) in [5, 5.41) is 3.57. The minimum Gasteiger partial charge on any atom is -0.497 e. The zero-order chi connectivity index (χ0) is 16.8. The Labute approximate surface area is 139 Å². The average Bonchev–Trinajstić information content (AvgIpc) is 2.52. The molecular formula is C16H21N3O3S. The van der Waals surface area contributed by atoms with E-state index in [4.69, 9.17) is 9.47 Å². The number of anilines is 2. The normalized spacial score (nSPS) is 10.7.